The molecule has 0 radical (unpaired) electrons. The van der Waals surface area contributed by atoms with Gasteiger partial charge in [-0.05, 0) is 23.6 Å². The first-order valence-corrected chi connectivity index (χ1v) is 5.11. The minimum atomic E-state index is -0.232. The molecule has 0 fully saturated rings. The average Bonchev–Trinajstić information content (AvgIpc) is 2.15. The molecule has 82 valence electrons. The topological polar surface area (TPSA) is 38.4 Å². The van der Waals surface area contributed by atoms with Crippen LogP contribution in [-0.2, 0) is 6.42 Å². The molecule has 0 unspecified atom stereocenters. The third kappa shape index (κ3) is 4.58. The van der Waals surface area contributed by atoms with Gasteiger partial charge in [-0.2, -0.15) is 0 Å². The Labute approximate surface area is 90.0 Å². The summed E-state index contributed by atoms with van der Waals surface area (Å²) in [5.74, 6) is 0.828. The van der Waals surface area contributed by atoms with Crippen LogP contribution in [0.1, 0.15) is 19.4 Å². The molecule has 0 amide bonds. The summed E-state index contributed by atoms with van der Waals surface area (Å²) in [7, 11) is 0. The molecule has 0 atom stereocenters. The summed E-state index contributed by atoms with van der Waals surface area (Å²) in [5, 5.41) is 0. The first kappa shape index (κ1) is 11.7. The van der Waals surface area contributed by atoms with Gasteiger partial charge in [0.1, 0.15) is 5.82 Å². The van der Waals surface area contributed by atoms with E-state index in [0.717, 1.165) is 12.1 Å². The molecule has 0 aromatic heterocycles. The van der Waals surface area contributed by atoms with Gasteiger partial charge in [0.2, 0.25) is 0 Å². The van der Waals surface area contributed by atoms with E-state index < -0.39 is 0 Å². The van der Waals surface area contributed by atoms with Gasteiger partial charge in [0.05, 0.1) is 5.84 Å². The van der Waals surface area contributed by atoms with Crippen molar-refractivity contribution in [2.75, 3.05) is 6.54 Å². The Morgan fingerprint density at radius 1 is 1.47 bits per heavy atom. The monoisotopic (exact) mass is 208 g/mol. The maximum atomic E-state index is 12.9. The second kappa shape index (κ2) is 5.49. The molecule has 1 aromatic carbocycles. The van der Waals surface area contributed by atoms with Crippen molar-refractivity contribution in [2.24, 2.45) is 16.6 Å². The summed E-state index contributed by atoms with van der Waals surface area (Å²) >= 11 is 0. The summed E-state index contributed by atoms with van der Waals surface area (Å²) in [4.78, 5) is 4.22. The SMILES string of the molecule is CC(C)CN=C(N)Cc1cccc(F)c1. The van der Waals surface area contributed by atoms with Crippen molar-refractivity contribution in [3.63, 3.8) is 0 Å². The van der Waals surface area contributed by atoms with Crippen LogP contribution in [0.25, 0.3) is 0 Å². The number of rotatable bonds is 4. The summed E-state index contributed by atoms with van der Waals surface area (Å²) in [5.41, 5.74) is 6.59. The molecular weight excluding hydrogens is 191 g/mol. The van der Waals surface area contributed by atoms with Gasteiger partial charge in [0.25, 0.3) is 0 Å². The van der Waals surface area contributed by atoms with E-state index in [9.17, 15) is 4.39 Å². The van der Waals surface area contributed by atoms with Crippen LogP contribution in [0.3, 0.4) is 0 Å². The van der Waals surface area contributed by atoms with Crippen LogP contribution in [0.2, 0.25) is 0 Å². The van der Waals surface area contributed by atoms with Crippen molar-refractivity contribution in [1.29, 1.82) is 0 Å². The molecule has 0 saturated heterocycles. The molecule has 2 nitrogen and oxygen atoms in total. The zero-order chi connectivity index (χ0) is 11.3. The Kier molecular flexibility index (Phi) is 4.28. The molecule has 0 spiro atoms. The van der Waals surface area contributed by atoms with Crippen LogP contribution in [0.4, 0.5) is 4.39 Å². The van der Waals surface area contributed by atoms with E-state index >= 15 is 0 Å². The zero-order valence-electron chi connectivity index (χ0n) is 9.20. The molecule has 0 aliphatic rings. The van der Waals surface area contributed by atoms with E-state index in [-0.39, 0.29) is 5.82 Å². The Morgan fingerprint density at radius 3 is 2.80 bits per heavy atom. The van der Waals surface area contributed by atoms with Crippen LogP contribution >= 0.6 is 0 Å². The lowest BCUT2D eigenvalue weighted by Gasteiger charge is -2.03. The highest BCUT2D eigenvalue weighted by Crippen LogP contribution is 2.04. The van der Waals surface area contributed by atoms with E-state index in [1.165, 1.54) is 12.1 Å². The number of aliphatic imine (C=N–C) groups is 1. The Balaban J connectivity index is 2.58. The summed E-state index contributed by atoms with van der Waals surface area (Å²) in [6.07, 6.45) is 0.518. The molecule has 15 heavy (non-hydrogen) atoms. The predicted octanol–water partition coefficient (Wildman–Crippen LogP) is 2.38. The number of nitrogens with zero attached hydrogens (tertiary/aromatic N) is 1. The minimum Gasteiger partial charge on any atom is -0.387 e. The fourth-order valence-electron chi connectivity index (χ4n) is 1.21. The van der Waals surface area contributed by atoms with E-state index in [0.29, 0.717) is 18.2 Å². The van der Waals surface area contributed by atoms with Crippen LogP contribution in [0, 0.1) is 11.7 Å². The lowest BCUT2D eigenvalue weighted by Crippen LogP contribution is -2.16. The fraction of sp³-hybridized carbons (Fsp3) is 0.417. The summed E-state index contributed by atoms with van der Waals surface area (Å²) in [6.45, 7) is 4.89. The number of halogens is 1. The van der Waals surface area contributed by atoms with Crippen molar-refractivity contribution in [2.45, 2.75) is 20.3 Å². The van der Waals surface area contributed by atoms with Crippen LogP contribution in [0.5, 0.6) is 0 Å². The number of hydrogen-bond donors (Lipinski definition) is 1. The highest BCUT2D eigenvalue weighted by molar-refractivity contribution is 5.82. The van der Waals surface area contributed by atoms with E-state index in [1.54, 1.807) is 6.07 Å². The van der Waals surface area contributed by atoms with Crippen molar-refractivity contribution < 1.29 is 4.39 Å². The van der Waals surface area contributed by atoms with Crippen LogP contribution in [0.15, 0.2) is 29.3 Å². The van der Waals surface area contributed by atoms with Gasteiger partial charge in [0, 0.05) is 13.0 Å². The van der Waals surface area contributed by atoms with Gasteiger partial charge in [-0.15, -0.1) is 0 Å². The number of benzene rings is 1. The summed E-state index contributed by atoms with van der Waals surface area (Å²) < 4.78 is 12.9. The smallest absolute Gasteiger partial charge is 0.123 e. The molecule has 1 rings (SSSR count). The highest BCUT2D eigenvalue weighted by Gasteiger charge is 1.99. The van der Waals surface area contributed by atoms with Crippen molar-refractivity contribution in [3.8, 4) is 0 Å². The zero-order valence-corrected chi connectivity index (χ0v) is 9.20. The minimum absolute atomic E-state index is 0.232. The van der Waals surface area contributed by atoms with Crippen molar-refractivity contribution in [1.82, 2.24) is 0 Å². The van der Waals surface area contributed by atoms with E-state index in [4.69, 9.17) is 5.73 Å². The second-order valence-electron chi connectivity index (χ2n) is 4.03. The van der Waals surface area contributed by atoms with Gasteiger partial charge in [-0.3, -0.25) is 4.99 Å². The molecule has 0 saturated carbocycles. The van der Waals surface area contributed by atoms with Gasteiger partial charge < -0.3 is 5.73 Å². The van der Waals surface area contributed by atoms with E-state index in [2.05, 4.69) is 18.8 Å². The Hall–Kier alpha value is -1.38. The maximum Gasteiger partial charge on any atom is 0.123 e. The second-order valence-corrected chi connectivity index (χ2v) is 4.03. The Bertz CT molecular complexity index is 345. The normalized spacial score (nSPS) is 12.1. The van der Waals surface area contributed by atoms with Gasteiger partial charge in [0.15, 0.2) is 0 Å². The molecule has 0 aliphatic carbocycles. The lowest BCUT2D eigenvalue weighted by molar-refractivity contribution is 0.626. The first-order valence-electron chi connectivity index (χ1n) is 5.11. The van der Waals surface area contributed by atoms with Gasteiger partial charge >= 0.3 is 0 Å². The van der Waals surface area contributed by atoms with Crippen molar-refractivity contribution in [3.05, 3.63) is 35.6 Å². The van der Waals surface area contributed by atoms with Crippen molar-refractivity contribution >= 4 is 5.84 Å². The third-order valence-corrected chi connectivity index (χ3v) is 1.93. The van der Waals surface area contributed by atoms with E-state index in [1.807, 2.05) is 6.07 Å². The molecule has 2 N–H and O–H groups in total. The first-order chi connectivity index (χ1) is 7.08. The number of amidine groups is 1. The van der Waals surface area contributed by atoms with Crippen LogP contribution < -0.4 is 5.73 Å². The summed E-state index contributed by atoms with van der Waals surface area (Å²) in [6, 6.07) is 6.43. The number of hydrogen-bond acceptors (Lipinski definition) is 1. The number of nitrogens with two attached hydrogens (primary N) is 1. The Morgan fingerprint density at radius 2 is 2.20 bits per heavy atom. The maximum absolute atomic E-state index is 12.9. The van der Waals surface area contributed by atoms with Crippen LogP contribution in [-0.4, -0.2) is 12.4 Å². The molecule has 1 aromatic rings. The standard InChI is InChI=1S/C12H17FN2/c1-9(2)8-15-12(14)7-10-4-3-5-11(13)6-10/h3-6,9H,7-8H2,1-2H3,(H2,14,15). The quantitative estimate of drug-likeness (QED) is 0.598. The highest BCUT2D eigenvalue weighted by atomic mass is 19.1. The molecule has 3 heteroatoms. The lowest BCUT2D eigenvalue weighted by atomic mass is 10.1. The molecule has 0 heterocycles. The average molecular weight is 208 g/mol. The van der Waals surface area contributed by atoms with Gasteiger partial charge in [-0.1, -0.05) is 26.0 Å². The largest absolute Gasteiger partial charge is 0.387 e. The fourth-order valence-corrected chi connectivity index (χ4v) is 1.21. The predicted molar refractivity (Wildman–Crippen MR) is 61.4 cm³/mol. The van der Waals surface area contributed by atoms with Gasteiger partial charge in [-0.25, -0.2) is 4.39 Å². The molecule has 0 bridgehead atoms. The molecule has 0 aliphatic heterocycles. The third-order valence-electron chi connectivity index (χ3n) is 1.93. The molecular formula is C12H17FN2.